The molecule has 3 aromatic heterocycles. The lowest BCUT2D eigenvalue weighted by Crippen LogP contribution is -2.31. The second-order valence-electron chi connectivity index (χ2n) is 4.85. The molecule has 3 aromatic rings. The summed E-state index contributed by atoms with van der Waals surface area (Å²) in [5, 5.41) is 4.69. The largest absolute Gasteiger partial charge is 0.346 e. The van der Waals surface area contributed by atoms with Crippen LogP contribution in [0.5, 0.6) is 0 Å². The van der Waals surface area contributed by atoms with Crippen LogP contribution >= 0.6 is 11.3 Å². The van der Waals surface area contributed by atoms with Gasteiger partial charge in [-0.25, -0.2) is 0 Å². The van der Waals surface area contributed by atoms with E-state index in [0.717, 1.165) is 10.6 Å². The molecular formula is C16H14N4O2S. The van der Waals surface area contributed by atoms with Gasteiger partial charge in [0, 0.05) is 25.6 Å². The van der Waals surface area contributed by atoms with Crippen LogP contribution in [-0.4, -0.2) is 20.4 Å². The molecule has 0 bridgehead atoms. The van der Waals surface area contributed by atoms with Gasteiger partial charge in [0.25, 0.3) is 11.5 Å². The summed E-state index contributed by atoms with van der Waals surface area (Å²) in [6, 6.07) is 7.06. The van der Waals surface area contributed by atoms with Crippen LogP contribution in [0.15, 0.2) is 53.0 Å². The number of aromatic nitrogens is 3. The van der Waals surface area contributed by atoms with E-state index in [1.807, 2.05) is 17.5 Å². The van der Waals surface area contributed by atoms with Gasteiger partial charge in [-0.3, -0.25) is 19.6 Å². The molecule has 0 fully saturated rings. The molecule has 116 valence electrons. The lowest BCUT2D eigenvalue weighted by atomic mass is 10.2. The smallest absolute Gasteiger partial charge is 0.263 e. The maximum Gasteiger partial charge on any atom is 0.263 e. The normalized spacial score (nSPS) is 10.5. The monoisotopic (exact) mass is 326 g/mol. The van der Waals surface area contributed by atoms with Crippen molar-refractivity contribution in [3.8, 4) is 10.6 Å². The summed E-state index contributed by atoms with van der Waals surface area (Å²) in [7, 11) is 1.61. The number of thiophene rings is 1. The van der Waals surface area contributed by atoms with Gasteiger partial charge in [-0.05, 0) is 23.6 Å². The standard InChI is InChI=1S/C16H14N4O2S/c1-20-8-2-4-11(16(20)22)15(21)19-10-12-14(18-7-6-17-12)13-5-3-9-23-13/h2-9H,10H2,1H3,(H,19,21). The minimum Gasteiger partial charge on any atom is -0.346 e. The molecule has 0 aromatic carbocycles. The van der Waals surface area contributed by atoms with Gasteiger partial charge < -0.3 is 9.88 Å². The molecule has 0 spiro atoms. The molecule has 0 saturated heterocycles. The number of carbonyl (C=O) groups excluding carboxylic acids is 1. The third kappa shape index (κ3) is 3.19. The van der Waals surface area contributed by atoms with E-state index in [4.69, 9.17) is 0 Å². The Labute approximate surface area is 136 Å². The Morgan fingerprint density at radius 1 is 1.26 bits per heavy atom. The maximum absolute atomic E-state index is 12.2. The van der Waals surface area contributed by atoms with Crippen molar-refractivity contribution in [2.24, 2.45) is 7.05 Å². The number of rotatable bonds is 4. The van der Waals surface area contributed by atoms with Crippen LogP contribution < -0.4 is 10.9 Å². The highest BCUT2D eigenvalue weighted by Crippen LogP contribution is 2.24. The summed E-state index contributed by atoms with van der Waals surface area (Å²) in [5.41, 5.74) is 1.18. The number of hydrogen-bond acceptors (Lipinski definition) is 5. The van der Waals surface area contributed by atoms with Crippen LogP contribution in [0.3, 0.4) is 0 Å². The molecule has 0 atom stereocenters. The van der Waals surface area contributed by atoms with Crippen molar-refractivity contribution in [3.63, 3.8) is 0 Å². The molecule has 0 aliphatic rings. The number of aryl methyl sites for hydroxylation is 1. The fraction of sp³-hybridized carbons (Fsp3) is 0.125. The van der Waals surface area contributed by atoms with Crippen molar-refractivity contribution in [1.82, 2.24) is 19.9 Å². The van der Waals surface area contributed by atoms with E-state index >= 15 is 0 Å². The summed E-state index contributed by atoms with van der Waals surface area (Å²) < 4.78 is 1.37. The summed E-state index contributed by atoms with van der Waals surface area (Å²) in [6.07, 6.45) is 4.81. The van der Waals surface area contributed by atoms with Crippen LogP contribution in [0, 0.1) is 0 Å². The number of nitrogens with zero attached hydrogens (tertiary/aromatic N) is 3. The van der Waals surface area contributed by atoms with E-state index in [1.54, 1.807) is 43.0 Å². The second-order valence-corrected chi connectivity index (χ2v) is 5.80. The maximum atomic E-state index is 12.2. The number of amides is 1. The predicted octanol–water partition coefficient (Wildman–Crippen LogP) is 1.83. The first-order chi connectivity index (χ1) is 11.2. The molecular weight excluding hydrogens is 312 g/mol. The lowest BCUT2D eigenvalue weighted by molar-refractivity contribution is 0.0948. The molecule has 3 heterocycles. The first-order valence-corrected chi connectivity index (χ1v) is 7.82. The van der Waals surface area contributed by atoms with Gasteiger partial charge in [-0.15, -0.1) is 11.3 Å². The third-order valence-electron chi connectivity index (χ3n) is 3.31. The number of pyridine rings is 1. The van der Waals surface area contributed by atoms with Gasteiger partial charge in [0.15, 0.2) is 0 Å². The highest BCUT2D eigenvalue weighted by Gasteiger charge is 2.13. The summed E-state index contributed by atoms with van der Waals surface area (Å²) >= 11 is 1.56. The summed E-state index contributed by atoms with van der Waals surface area (Å²) in [4.78, 5) is 33.8. The van der Waals surface area contributed by atoms with E-state index in [1.165, 1.54) is 10.6 Å². The topological polar surface area (TPSA) is 76.9 Å². The molecule has 1 N–H and O–H groups in total. The van der Waals surface area contributed by atoms with Crippen molar-refractivity contribution in [1.29, 1.82) is 0 Å². The molecule has 6 nitrogen and oxygen atoms in total. The van der Waals surface area contributed by atoms with E-state index < -0.39 is 5.91 Å². The van der Waals surface area contributed by atoms with Crippen molar-refractivity contribution in [3.05, 3.63) is 69.8 Å². The number of nitrogens with one attached hydrogen (secondary N) is 1. The third-order valence-corrected chi connectivity index (χ3v) is 4.19. The van der Waals surface area contributed by atoms with Gasteiger partial charge in [0.2, 0.25) is 0 Å². The quantitative estimate of drug-likeness (QED) is 0.793. The fourth-order valence-electron chi connectivity index (χ4n) is 2.14. The summed E-state index contributed by atoms with van der Waals surface area (Å²) in [6.45, 7) is 0.206. The van der Waals surface area contributed by atoms with Crippen molar-refractivity contribution < 1.29 is 4.79 Å². The minimum absolute atomic E-state index is 0.108. The van der Waals surface area contributed by atoms with Crippen molar-refractivity contribution >= 4 is 17.2 Å². The van der Waals surface area contributed by atoms with E-state index in [0.29, 0.717) is 5.69 Å². The van der Waals surface area contributed by atoms with Gasteiger partial charge in [-0.1, -0.05) is 6.07 Å². The number of hydrogen-bond donors (Lipinski definition) is 1. The zero-order chi connectivity index (χ0) is 16.2. The van der Waals surface area contributed by atoms with E-state index in [9.17, 15) is 9.59 Å². The average molecular weight is 326 g/mol. The molecule has 0 radical (unpaired) electrons. The molecule has 0 aliphatic carbocycles. The molecule has 0 unspecified atom stereocenters. The van der Waals surface area contributed by atoms with Crippen molar-refractivity contribution in [2.45, 2.75) is 6.54 Å². The lowest BCUT2D eigenvalue weighted by Gasteiger charge is -2.08. The predicted molar refractivity (Wildman–Crippen MR) is 88.2 cm³/mol. The van der Waals surface area contributed by atoms with Crippen molar-refractivity contribution in [2.75, 3.05) is 0 Å². The van der Waals surface area contributed by atoms with Crippen LogP contribution in [0.1, 0.15) is 16.1 Å². The Morgan fingerprint density at radius 3 is 2.87 bits per heavy atom. The zero-order valence-corrected chi connectivity index (χ0v) is 13.2. The summed E-state index contributed by atoms with van der Waals surface area (Å²) in [5.74, 6) is -0.422. The Balaban J connectivity index is 1.80. The molecule has 0 aliphatic heterocycles. The SMILES string of the molecule is Cn1cccc(C(=O)NCc2nccnc2-c2cccs2)c1=O. The highest BCUT2D eigenvalue weighted by molar-refractivity contribution is 7.13. The van der Waals surface area contributed by atoms with Gasteiger partial charge in [0.1, 0.15) is 11.3 Å². The Morgan fingerprint density at radius 2 is 2.09 bits per heavy atom. The molecule has 3 rings (SSSR count). The van der Waals surface area contributed by atoms with Gasteiger partial charge in [-0.2, -0.15) is 0 Å². The molecule has 0 saturated carbocycles. The van der Waals surface area contributed by atoms with Gasteiger partial charge >= 0.3 is 0 Å². The van der Waals surface area contributed by atoms with E-state index in [-0.39, 0.29) is 17.7 Å². The Bertz CT molecular complexity index is 887. The average Bonchev–Trinajstić information content (AvgIpc) is 3.10. The zero-order valence-electron chi connectivity index (χ0n) is 12.4. The molecule has 1 amide bonds. The van der Waals surface area contributed by atoms with Crippen LogP contribution in [0.25, 0.3) is 10.6 Å². The van der Waals surface area contributed by atoms with Crippen LogP contribution in [0.2, 0.25) is 0 Å². The molecule has 23 heavy (non-hydrogen) atoms. The molecule has 7 heteroatoms. The number of carbonyl (C=O) groups is 1. The Hall–Kier alpha value is -2.80. The Kier molecular flexibility index (Phi) is 4.29. The highest BCUT2D eigenvalue weighted by atomic mass is 32.1. The first kappa shape index (κ1) is 15.1. The van der Waals surface area contributed by atoms with E-state index in [2.05, 4.69) is 15.3 Å². The second kappa shape index (κ2) is 6.53. The minimum atomic E-state index is -0.422. The van der Waals surface area contributed by atoms with Crippen LogP contribution in [-0.2, 0) is 13.6 Å². The fourth-order valence-corrected chi connectivity index (χ4v) is 2.89. The van der Waals surface area contributed by atoms with Gasteiger partial charge in [0.05, 0.1) is 17.1 Å². The first-order valence-electron chi connectivity index (χ1n) is 6.94. The van der Waals surface area contributed by atoms with Crippen LogP contribution in [0.4, 0.5) is 0 Å².